The van der Waals surface area contributed by atoms with E-state index in [0.717, 1.165) is 19.3 Å². The Morgan fingerprint density at radius 3 is 2.71 bits per heavy atom. The summed E-state index contributed by atoms with van der Waals surface area (Å²) in [5.74, 6) is -0.908. The first-order valence-corrected chi connectivity index (χ1v) is 6.81. The SMILES string of the molecule is FC(F)(F)c1n[nH]c(CNC2CCc3ccccc3C2)n1. The number of halogens is 3. The van der Waals surface area contributed by atoms with Crippen molar-refractivity contribution in [2.24, 2.45) is 0 Å². The van der Waals surface area contributed by atoms with Crippen LogP contribution in [0.25, 0.3) is 0 Å². The van der Waals surface area contributed by atoms with E-state index in [1.807, 2.05) is 12.1 Å². The van der Waals surface area contributed by atoms with Crippen molar-refractivity contribution in [1.29, 1.82) is 0 Å². The van der Waals surface area contributed by atoms with Crippen molar-refractivity contribution in [3.63, 3.8) is 0 Å². The Kier molecular flexibility index (Phi) is 3.67. The van der Waals surface area contributed by atoms with Gasteiger partial charge in [-0.15, -0.1) is 5.10 Å². The molecule has 0 fully saturated rings. The minimum Gasteiger partial charge on any atom is -0.307 e. The molecule has 1 aromatic heterocycles. The fourth-order valence-corrected chi connectivity index (χ4v) is 2.61. The van der Waals surface area contributed by atoms with Crippen LogP contribution in [0, 0.1) is 0 Å². The largest absolute Gasteiger partial charge is 0.453 e. The van der Waals surface area contributed by atoms with Crippen molar-refractivity contribution < 1.29 is 13.2 Å². The van der Waals surface area contributed by atoms with Gasteiger partial charge >= 0.3 is 6.18 Å². The van der Waals surface area contributed by atoms with Gasteiger partial charge in [-0.25, -0.2) is 4.98 Å². The third-order valence-corrected chi connectivity index (χ3v) is 3.69. The van der Waals surface area contributed by atoms with E-state index < -0.39 is 12.0 Å². The fraction of sp³-hybridized carbons (Fsp3) is 0.429. The molecule has 0 aliphatic heterocycles. The molecule has 21 heavy (non-hydrogen) atoms. The number of hydrogen-bond donors (Lipinski definition) is 2. The number of H-pyrrole nitrogens is 1. The maximum Gasteiger partial charge on any atom is 0.453 e. The van der Waals surface area contributed by atoms with Crippen LogP contribution < -0.4 is 5.32 Å². The highest BCUT2D eigenvalue weighted by atomic mass is 19.4. The monoisotopic (exact) mass is 296 g/mol. The first-order valence-electron chi connectivity index (χ1n) is 6.81. The number of benzene rings is 1. The molecule has 112 valence electrons. The van der Waals surface area contributed by atoms with Crippen LogP contribution in [0.1, 0.15) is 29.2 Å². The van der Waals surface area contributed by atoms with Crippen LogP contribution in [0.3, 0.4) is 0 Å². The van der Waals surface area contributed by atoms with E-state index in [-0.39, 0.29) is 18.4 Å². The lowest BCUT2D eigenvalue weighted by Gasteiger charge is -2.25. The molecule has 0 spiro atoms. The van der Waals surface area contributed by atoms with Crippen LogP contribution in [0.15, 0.2) is 24.3 Å². The molecule has 0 amide bonds. The van der Waals surface area contributed by atoms with Crippen molar-refractivity contribution in [1.82, 2.24) is 20.5 Å². The zero-order valence-electron chi connectivity index (χ0n) is 11.2. The molecular weight excluding hydrogens is 281 g/mol. The van der Waals surface area contributed by atoms with Gasteiger partial charge in [0.2, 0.25) is 0 Å². The number of nitrogens with zero attached hydrogens (tertiary/aromatic N) is 2. The fourth-order valence-electron chi connectivity index (χ4n) is 2.61. The number of aromatic amines is 1. The molecule has 1 aliphatic rings. The standard InChI is InChI=1S/C14H15F3N4/c15-14(16,17)13-19-12(20-21-13)8-18-11-6-5-9-3-1-2-4-10(9)7-11/h1-4,11,18H,5-8H2,(H,19,20,21). The molecule has 3 rings (SSSR count). The highest BCUT2D eigenvalue weighted by Gasteiger charge is 2.36. The lowest BCUT2D eigenvalue weighted by Crippen LogP contribution is -2.34. The van der Waals surface area contributed by atoms with Crippen molar-refractivity contribution in [2.75, 3.05) is 0 Å². The van der Waals surface area contributed by atoms with Crippen LogP contribution in [0.4, 0.5) is 13.2 Å². The molecule has 2 N–H and O–H groups in total. The molecule has 1 atom stereocenters. The van der Waals surface area contributed by atoms with Gasteiger partial charge in [0, 0.05) is 6.04 Å². The number of nitrogens with one attached hydrogen (secondary N) is 2. The molecule has 1 unspecified atom stereocenters. The molecule has 0 bridgehead atoms. The number of aryl methyl sites for hydroxylation is 1. The summed E-state index contributed by atoms with van der Waals surface area (Å²) >= 11 is 0. The first kappa shape index (κ1) is 14.1. The molecule has 0 radical (unpaired) electrons. The van der Waals surface area contributed by atoms with E-state index in [9.17, 15) is 13.2 Å². The maximum absolute atomic E-state index is 12.4. The first-order chi connectivity index (χ1) is 10.0. The predicted molar refractivity (Wildman–Crippen MR) is 70.5 cm³/mol. The molecule has 4 nitrogen and oxygen atoms in total. The summed E-state index contributed by atoms with van der Waals surface area (Å²) in [6.45, 7) is 0.260. The molecule has 1 aliphatic carbocycles. The molecule has 7 heteroatoms. The van der Waals surface area contributed by atoms with E-state index >= 15 is 0 Å². The van der Waals surface area contributed by atoms with Gasteiger partial charge < -0.3 is 5.32 Å². The number of rotatable bonds is 3. The van der Waals surface area contributed by atoms with Gasteiger partial charge in [0.25, 0.3) is 5.82 Å². The zero-order valence-corrected chi connectivity index (χ0v) is 11.2. The van der Waals surface area contributed by atoms with Crippen LogP contribution >= 0.6 is 0 Å². The van der Waals surface area contributed by atoms with Crippen molar-refractivity contribution >= 4 is 0 Å². The molecule has 2 aromatic rings. The predicted octanol–water partition coefficient (Wildman–Crippen LogP) is 2.47. The Morgan fingerprint density at radius 2 is 2.00 bits per heavy atom. The molecule has 1 heterocycles. The molecule has 0 saturated carbocycles. The summed E-state index contributed by atoms with van der Waals surface area (Å²) < 4.78 is 37.2. The van der Waals surface area contributed by atoms with Crippen LogP contribution in [-0.2, 0) is 25.6 Å². The number of fused-ring (bicyclic) bond motifs is 1. The highest BCUT2D eigenvalue weighted by molar-refractivity contribution is 5.30. The lowest BCUT2D eigenvalue weighted by atomic mass is 9.88. The lowest BCUT2D eigenvalue weighted by molar-refractivity contribution is -0.144. The minimum atomic E-state index is -4.50. The molecule has 1 aromatic carbocycles. The third-order valence-electron chi connectivity index (χ3n) is 3.69. The van der Waals surface area contributed by atoms with Gasteiger partial charge in [-0.1, -0.05) is 24.3 Å². The van der Waals surface area contributed by atoms with Gasteiger partial charge in [0.15, 0.2) is 0 Å². The van der Waals surface area contributed by atoms with Gasteiger partial charge in [-0.2, -0.15) is 13.2 Å². The van der Waals surface area contributed by atoms with E-state index in [4.69, 9.17) is 0 Å². The maximum atomic E-state index is 12.4. The summed E-state index contributed by atoms with van der Waals surface area (Å²) in [6, 6.07) is 8.50. The Balaban J connectivity index is 1.58. The van der Waals surface area contributed by atoms with E-state index in [0.29, 0.717) is 0 Å². The smallest absolute Gasteiger partial charge is 0.307 e. The van der Waals surface area contributed by atoms with Crippen molar-refractivity contribution in [3.05, 3.63) is 47.0 Å². The minimum absolute atomic E-state index is 0.209. The molecular formula is C14H15F3N4. The normalized spacial score (nSPS) is 18.5. The Labute approximate surface area is 119 Å². The van der Waals surface area contributed by atoms with E-state index in [1.165, 1.54) is 11.1 Å². The summed E-state index contributed by atoms with van der Waals surface area (Å²) in [5, 5.41) is 8.76. The second-order valence-corrected chi connectivity index (χ2v) is 5.19. The number of hydrogen-bond acceptors (Lipinski definition) is 3. The van der Waals surface area contributed by atoms with Gasteiger partial charge in [0.05, 0.1) is 6.54 Å². The highest BCUT2D eigenvalue weighted by Crippen LogP contribution is 2.25. The van der Waals surface area contributed by atoms with E-state index in [1.54, 1.807) is 0 Å². The second kappa shape index (κ2) is 5.48. The number of aromatic nitrogens is 3. The van der Waals surface area contributed by atoms with Crippen molar-refractivity contribution in [3.8, 4) is 0 Å². The van der Waals surface area contributed by atoms with Gasteiger partial charge in [-0.05, 0) is 30.4 Å². The third kappa shape index (κ3) is 3.24. The second-order valence-electron chi connectivity index (χ2n) is 5.19. The topological polar surface area (TPSA) is 53.6 Å². The van der Waals surface area contributed by atoms with Gasteiger partial charge in [-0.3, -0.25) is 5.10 Å². The van der Waals surface area contributed by atoms with Crippen LogP contribution in [0.5, 0.6) is 0 Å². The Morgan fingerprint density at radius 1 is 1.24 bits per heavy atom. The Bertz CT molecular complexity index is 621. The summed E-state index contributed by atoms with van der Waals surface area (Å²) in [5.41, 5.74) is 2.66. The zero-order chi connectivity index (χ0) is 14.9. The van der Waals surface area contributed by atoms with Crippen LogP contribution in [0.2, 0.25) is 0 Å². The van der Waals surface area contributed by atoms with Gasteiger partial charge in [0.1, 0.15) is 5.82 Å². The molecule has 0 saturated heterocycles. The Hall–Kier alpha value is -1.89. The van der Waals surface area contributed by atoms with E-state index in [2.05, 4.69) is 32.6 Å². The summed E-state index contributed by atoms with van der Waals surface area (Å²) in [4.78, 5) is 3.46. The van der Waals surface area contributed by atoms with Crippen LogP contribution in [-0.4, -0.2) is 21.2 Å². The summed E-state index contributed by atoms with van der Waals surface area (Å²) in [6.07, 6.45) is -1.66. The number of alkyl halides is 3. The quantitative estimate of drug-likeness (QED) is 0.915. The summed E-state index contributed by atoms with van der Waals surface area (Å²) in [7, 11) is 0. The average Bonchev–Trinajstić information content (AvgIpc) is 2.94. The average molecular weight is 296 g/mol. The van der Waals surface area contributed by atoms with Crippen molar-refractivity contribution in [2.45, 2.75) is 38.0 Å².